The van der Waals surface area contributed by atoms with Crippen LogP contribution in [0.15, 0.2) is 0 Å². The zero-order chi connectivity index (χ0) is 23.2. The standard InChI is InChI=1S/C25H52NO4P/c1-5-8-11-13-14-15-16-17-19-21-25(27)26-24(20-18-12-9-6-2)23-30-31(28,29-4)22-10-7-3/h24H,5-23H2,1-4H3,(H,26,27). The van der Waals surface area contributed by atoms with Crippen molar-refractivity contribution in [3.05, 3.63) is 0 Å². The van der Waals surface area contributed by atoms with Gasteiger partial charge in [-0.2, -0.15) is 0 Å². The molecule has 31 heavy (non-hydrogen) atoms. The van der Waals surface area contributed by atoms with Crippen LogP contribution >= 0.6 is 7.60 Å². The monoisotopic (exact) mass is 461 g/mol. The molecule has 0 aliphatic carbocycles. The van der Waals surface area contributed by atoms with Crippen molar-refractivity contribution >= 4 is 13.5 Å². The predicted octanol–water partition coefficient (Wildman–Crippen LogP) is 8.02. The van der Waals surface area contributed by atoms with Gasteiger partial charge >= 0.3 is 7.60 Å². The number of rotatable bonds is 23. The van der Waals surface area contributed by atoms with Gasteiger partial charge in [-0.25, -0.2) is 0 Å². The molecule has 1 amide bonds. The fourth-order valence-electron chi connectivity index (χ4n) is 3.67. The Labute approximate surface area is 193 Å². The van der Waals surface area contributed by atoms with Crippen LogP contribution in [0.3, 0.4) is 0 Å². The highest BCUT2D eigenvalue weighted by Crippen LogP contribution is 2.48. The summed E-state index contributed by atoms with van der Waals surface area (Å²) in [7, 11) is -1.60. The highest BCUT2D eigenvalue weighted by Gasteiger charge is 2.24. The summed E-state index contributed by atoms with van der Waals surface area (Å²) in [5, 5.41) is 3.13. The molecule has 0 aliphatic heterocycles. The molecule has 0 aliphatic rings. The maximum Gasteiger partial charge on any atom is 0.330 e. The Morgan fingerprint density at radius 3 is 1.84 bits per heavy atom. The van der Waals surface area contributed by atoms with Crippen molar-refractivity contribution in [3.8, 4) is 0 Å². The van der Waals surface area contributed by atoms with Gasteiger partial charge in [0.25, 0.3) is 0 Å². The van der Waals surface area contributed by atoms with E-state index in [1.54, 1.807) is 0 Å². The number of nitrogens with one attached hydrogen (secondary N) is 1. The average Bonchev–Trinajstić information content (AvgIpc) is 2.77. The van der Waals surface area contributed by atoms with E-state index in [9.17, 15) is 9.36 Å². The number of unbranched alkanes of at least 4 members (excludes halogenated alkanes) is 12. The van der Waals surface area contributed by atoms with Gasteiger partial charge in [0.1, 0.15) is 0 Å². The van der Waals surface area contributed by atoms with Crippen molar-refractivity contribution in [1.82, 2.24) is 5.32 Å². The first-order valence-corrected chi connectivity index (χ1v) is 14.8. The van der Waals surface area contributed by atoms with Crippen LogP contribution in [-0.4, -0.2) is 31.8 Å². The van der Waals surface area contributed by atoms with Crippen LogP contribution in [-0.2, 0) is 18.4 Å². The van der Waals surface area contributed by atoms with Crippen molar-refractivity contribution in [3.63, 3.8) is 0 Å². The van der Waals surface area contributed by atoms with Gasteiger partial charge in [0.15, 0.2) is 0 Å². The summed E-state index contributed by atoms with van der Waals surface area (Å²) in [4.78, 5) is 12.4. The number of hydrogen-bond acceptors (Lipinski definition) is 4. The largest absolute Gasteiger partial charge is 0.351 e. The smallest absolute Gasteiger partial charge is 0.330 e. The highest BCUT2D eigenvalue weighted by atomic mass is 31.2. The molecule has 0 heterocycles. The minimum absolute atomic E-state index is 0.0898. The van der Waals surface area contributed by atoms with Crippen LogP contribution in [0.25, 0.3) is 0 Å². The summed E-state index contributed by atoms with van der Waals surface area (Å²) in [6, 6.07) is -0.0898. The van der Waals surface area contributed by atoms with Gasteiger partial charge in [-0.15, -0.1) is 0 Å². The number of carbonyl (C=O) groups is 1. The highest BCUT2D eigenvalue weighted by molar-refractivity contribution is 7.53. The normalized spacial score (nSPS) is 14.3. The molecule has 0 bridgehead atoms. The lowest BCUT2D eigenvalue weighted by atomic mass is 10.1. The molecule has 2 atom stereocenters. The fraction of sp³-hybridized carbons (Fsp3) is 0.960. The van der Waals surface area contributed by atoms with E-state index in [0.29, 0.717) is 12.6 Å². The lowest BCUT2D eigenvalue weighted by Gasteiger charge is -2.22. The Morgan fingerprint density at radius 2 is 1.29 bits per heavy atom. The number of amides is 1. The second-order valence-corrected chi connectivity index (χ2v) is 11.2. The lowest BCUT2D eigenvalue weighted by molar-refractivity contribution is -0.122. The van der Waals surface area contributed by atoms with Crippen LogP contribution in [0.5, 0.6) is 0 Å². The van der Waals surface area contributed by atoms with Crippen LogP contribution < -0.4 is 5.32 Å². The molecule has 5 nitrogen and oxygen atoms in total. The second kappa shape index (κ2) is 21.5. The van der Waals surface area contributed by atoms with E-state index in [-0.39, 0.29) is 18.6 Å². The third-order valence-electron chi connectivity index (χ3n) is 5.81. The molecule has 0 radical (unpaired) electrons. The van der Waals surface area contributed by atoms with Crippen molar-refractivity contribution < 1.29 is 18.4 Å². The van der Waals surface area contributed by atoms with Gasteiger partial charge in [-0.1, -0.05) is 104 Å². The summed E-state index contributed by atoms with van der Waals surface area (Å²) in [5.74, 6) is 0.0906. The van der Waals surface area contributed by atoms with E-state index >= 15 is 0 Å². The molecule has 0 rings (SSSR count). The molecule has 0 saturated heterocycles. The van der Waals surface area contributed by atoms with Crippen molar-refractivity contribution in [1.29, 1.82) is 0 Å². The zero-order valence-corrected chi connectivity index (χ0v) is 22.0. The SMILES string of the molecule is CCCCCCCCCCCC(=O)NC(CCCCCC)COP(=O)(CCCC)OC. The quantitative estimate of drug-likeness (QED) is 0.124. The molecular weight excluding hydrogens is 409 g/mol. The van der Waals surface area contributed by atoms with Crippen LogP contribution in [0.1, 0.15) is 130 Å². The molecule has 0 fully saturated rings. The van der Waals surface area contributed by atoms with Crippen LogP contribution in [0.4, 0.5) is 0 Å². The number of hydrogen-bond donors (Lipinski definition) is 1. The third-order valence-corrected chi connectivity index (χ3v) is 7.78. The maximum absolute atomic E-state index is 12.7. The zero-order valence-electron chi connectivity index (χ0n) is 21.1. The summed E-state index contributed by atoms with van der Waals surface area (Å²) >= 11 is 0. The Hall–Kier alpha value is -0.380. The molecular formula is C25H52NO4P. The van der Waals surface area contributed by atoms with Gasteiger partial charge in [0, 0.05) is 13.5 Å². The maximum atomic E-state index is 12.7. The molecule has 0 aromatic rings. The first-order valence-electron chi connectivity index (χ1n) is 13.1. The third kappa shape index (κ3) is 18.9. The minimum atomic E-state index is -3.05. The molecule has 1 N–H and O–H groups in total. The molecule has 2 unspecified atom stereocenters. The fourth-order valence-corrected chi connectivity index (χ4v) is 5.20. The van der Waals surface area contributed by atoms with Gasteiger partial charge in [0.2, 0.25) is 5.91 Å². The first-order chi connectivity index (χ1) is 15.0. The van der Waals surface area contributed by atoms with Crippen molar-refractivity contribution in [2.45, 2.75) is 136 Å². The van der Waals surface area contributed by atoms with Gasteiger partial charge < -0.3 is 14.4 Å². The van der Waals surface area contributed by atoms with Crippen LogP contribution in [0.2, 0.25) is 0 Å². The Balaban J connectivity index is 4.26. The summed E-state index contributed by atoms with van der Waals surface area (Å²) < 4.78 is 23.6. The molecule has 6 heteroatoms. The molecule has 0 aromatic heterocycles. The van der Waals surface area contributed by atoms with Crippen molar-refractivity contribution in [2.75, 3.05) is 19.9 Å². The minimum Gasteiger partial charge on any atom is -0.351 e. The first kappa shape index (κ1) is 30.6. The van der Waals surface area contributed by atoms with E-state index in [0.717, 1.165) is 44.9 Å². The Bertz CT molecular complexity index is 459. The summed E-state index contributed by atoms with van der Waals surface area (Å²) in [6.07, 6.45) is 19.4. The lowest BCUT2D eigenvalue weighted by Crippen LogP contribution is -2.38. The van der Waals surface area contributed by atoms with E-state index in [1.807, 2.05) is 0 Å². The van der Waals surface area contributed by atoms with Gasteiger partial charge in [0.05, 0.1) is 18.8 Å². The predicted molar refractivity (Wildman–Crippen MR) is 133 cm³/mol. The molecule has 0 aromatic carbocycles. The van der Waals surface area contributed by atoms with E-state index < -0.39 is 7.60 Å². The van der Waals surface area contributed by atoms with Crippen LogP contribution in [0, 0.1) is 0 Å². The van der Waals surface area contributed by atoms with E-state index in [1.165, 1.54) is 64.9 Å². The molecule has 0 saturated carbocycles. The average molecular weight is 462 g/mol. The second-order valence-electron chi connectivity index (χ2n) is 8.86. The summed E-state index contributed by atoms with van der Waals surface area (Å²) in [6.45, 7) is 6.76. The van der Waals surface area contributed by atoms with E-state index in [2.05, 4.69) is 26.1 Å². The van der Waals surface area contributed by atoms with E-state index in [4.69, 9.17) is 9.05 Å². The molecule has 186 valence electrons. The Morgan fingerprint density at radius 1 is 0.774 bits per heavy atom. The Kier molecular flexibility index (Phi) is 21.2. The van der Waals surface area contributed by atoms with Crippen molar-refractivity contribution in [2.24, 2.45) is 0 Å². The topological polar surface area (TPSA) is 64.6 Å². The number of carbonyl (C=O) groups excluding carboxylic acids is 1. The summed E-state index contributed by atoms with van der Waals surface area (Å²) in [5.41, 5.74) is 0. The molecule has 0 spiro atoms. The van der Waals surface area contributed by atoms with Gasteiger partial charge in [-0.05, 0) is 19.3 Å². The van der Waals surface area contributed by atoms with Gasteiger partial charge in [-0.3, -0.25) is 9.36 Å².